The Balaban J connectivity index is 2.73. The van der Waals surface area contributed by atoms with Crippen LogP contribution >= 0.6 is 0 Å². The van der Waals surface area contributed by atoms with E-state index < -0.39 is 5.60 Å². The lowest BCUT2D eigenvalue weighted by Crippen LogP contribution is -2.48. The van der Waals surface area contributed by atoms with Crippen molar-refractivity contribution < 1.29 is 9.53 Å². The molecule has 0 N–H and O–H groups in total. The Hall–Kier alpha value is -0.370. The number of hydrogen-bond acceptors (Lipinski definition) is 2. The first-order chi connectivity index (χ1) is 9.02. The minimum Gasteiger partial charge on any atom is -0.370 e. The number of hydrogen-bond donors (Lipinski definition) is 0. The lowest BCUT2D eigenvalue weighted by Gasteiger charge is -2.36. The van der Waals surface area contributed by atoms with E-state index in [-0.39, 0.29) is 0 Å². The van der Waals surface area contributed by atoms with Crippen LogP contribution in [0.1, 0.15) is 72.6 Å². The predicted molar refractivity (Wildman–Crippen MR) is 80.2 cm³/mol. The van der Waals surface area contributed by atoms with Crippen molar-refractivity contribution in [2.24, 2.45) is 17.8 Å². The van der Waals surface area contributed by atoms with Crippen LogP contribution in [0.5, 0.6) is 0 Å². The molecule has 1 fully saturated rings. The minimum atomic E-state index is -0.500. The number of ketones is 1. The van der Waals surface area contributed by atoms with E-state index in [1.54, 1.807) is 7.11 Å². The molecule has 1 saturated carbocycles. The summed E-state index contributed by atoms with van der Waals surface area (Å²) in [6, 6.07) is 0. The van der Waals surface area contributed by atoms with Gasteiger partial charge < -0.3 is 4.74 Å². The Morgan fingerprint density at radius 1 is 1.26 bits per heavy atom. The maximum absolute atomic E-state index is 12.8. The van der Waals surface area contributed by atoms with Crippen LogP contribution in [0.3, 0.4) is 0 Å². The zero-order chi connectivity index (χ0) is 14.5. The van der Waals surface area contributed by atoms with Crippen molar-refractivity contribution in [2.75, 3.05) is 7.11 Å². The monoisotopic (exact) mass is 268 g/mol. The molecule has 112 valence electrons. The number of rotatable bonds is 8. The normalized spacial score (nSPS) is 32.5. The third-order valence-corrected chi connectivity index (χ3v) is 5.29. The molecule has 1 rings (SSSR count). The van der Waals surface area contributed by atoms with Crippen LogP contribution in [-0.4, -0.2) is 18.5 Å². The molecule has 0 aromatic carbocycles. The molecule has 0 spiro atoms. The number of methoxy groups -OCH3 is 1. The van der Waals surface area contributed by atoms with Crippen LogP contribution in [0, 0.1) is 17.8 Å². The molecule has 0 bridgehead atoms. The summed E-state index contributed by atoms with van der Waals surface area (Å²) in [5.74, 6) is 1.63. The van der Waals surface area contributed by atoms with Gasteiger partial charge in [-0.2, -0.15) is 0 Å². The number of carbonyl (C=O) groups is 1. The average Bonchev–Trinajstić information content (AvgIpc) is 2.70. The van der Waals surface area contributed by atoms with Crippen LogP contribution in [0.15, 0.2) is 0 Å². The van der Waals surface area contributed by atoms with E-state index >= 15 is 0 Å². The summed E-state index contributed by atoms with van der Waals surface area (Å²) in [5.41, 5.74) is -0.500. The summed E-state index contributed by atoms with van der Waals surface area (Å²) in [6.45, 7) is 8.77. The standard InChI is InChI=1S/C17H32O2/c1-6-8-9-15(7-2)12-16(18)17(19-5)13(3)10-11-14(17)4/h13-15H,6-12H2,1-5H3. The molecule has 1 aliphatic rings. The number of ether oxygens (including phenoxy) is 1. The van der Waals surface area contributed by atoms with E-state index in [0.29, 0.717) is 30.0 Å². The van der Waals surface area contributed by atoms with Gasteiger partial charge in [-0.15, -0.1) is 0 Å². The summed E-state index contributed by atoms with van der Waals surface area (Å²) in [7, 11) is 1.73. The van der Waals surface area contributed by atoms with Gasteiger partial charge >= 0.3 is 0 Å². The molecule has 2 nitrogen and oxygen atoms in total. The number of carbonyl (C=O) groups excluding carboxylic acids is 1. The zero-order valence-corrected chi connectivity index (χ0v) is 13.5. The molecule has 1 aliphatic carbocycles. The van der Waals surface area contributed by atoms with E-state index in [1.807, 2.05) is 0 Å². The van der Waals surface area contributed by atoms with E-state index in [4.69, 9.17) is 4.74 Å². The summed E-state index contributed by atoms with van der Waals surface area (Å²) >= 11 is 0. The molecule has 19 heavy (non-hydrogen) atoms. The molecular formula is C17H32O2. The Bertz CT molecular complexity index is 275. The van der Waals surface area contributed by atoms with Crippen molar-refractivity contribution in [2.45, 2.75) is 78.2 Å². The van der Waals surface area contributed by atoms with E-state index in [1.165, 1.54) is 19.3 Å². The second kappa shape index (κ2) is 7.42. The first kappa shape index (κ1) is 16.7. The second-order valence-corrected chi connectivity index (χ2v) is 6.42. The van der Waals surface area contributed by atoms with Gasteiger partial charge in [0.25, 0.3) is 0 Å². The van der Waals surface area contributed by atoms with Crippen LogP contribution in [0.25, 0.3) is 0 Å². The fourth-order valence-electron chi connectivity index (χ4n) is 3.85. The fraction of sp³-hybridized carbons (Fsp3) is 0.941. The summed E-state index contributed by atoms with van der Waals surface area (Å²) < 4.78 is 5.79. The number of Topliss-reactive ketones (excluding diaryl/α,β-unsaturated/α-hetero) is 1. The van der Waals surface area contributed by atoms with E-state index in [2.05, 4.69) is 27.7 Å². The van der Waals surface area contributed by atoms with E-state index in [0.717, 1.165) is 19.3 Å². The van der Waals surface area contributed by atoms with Crippen LogP contribution in [0.4, 0.5) is 0 Å². The molecule has 3 atom stereocenters. The van der Waals surface area contributed by atoms with Crippen molar-refractivity contribution in [1.29, 1.82) is 0 Å². The first-order valence-corrected chi connectivity index (χ1v) is 8.11. The predicted octanol–water partition coefficient (Wildman–Crippen LogP) is 4.61. The first-order valence-electron chi connectivity index (χ1n) is 8.11. The SMILES string of the molecule is CCCCC(CC)CC(=O)C1(OC)C(C)CCC1C. The second-order valence-electron chi connectivity index (χ2n) is 6.42. The van der Waals surface area contributed by atoms with Crippen molar-refractivity contribution in [1.82, 2.24) is 0 Å². The smallest absolute Gasteiger partial charge is 0.165 e. The van der Waals surface area contributed by atoms with Gasteiger partial charge in [0.05, 0.1) is 0 Å². The molecule has 0 aromatic rings. The van der Waals surface area contributed by atoms with Crippen molar-refractivity contribution in [3.63, 3.8) is 0 Å². The Labute approximate surface area is 119 Å². The van der Waals surface area contributed by atoms with E-state index in [9.17, 15) is 4.79 Å². The van der Waals surface area contributed by atoms with Gasteiger partial charge in [0, 0.05) is 13.5 Å². The largest absolute Gasteiger partial charge is 0.370 e. The third kappa shape index (κ3) is 3.39. The van der Waals surface area contributed by atoms with Gasteiger partial charge in [0.2, 0.25) is 0 Å². The summed E-state index contributed by atoms with van der Waals surface area (Å²) in [5, 5.41) is 0. The lowest BCUT2D eigenvalue weighted by molar-refractivity contribution is -0.151. The van der Waals surface area contributed by atoms with Gasteiger partial charge in [0.15, 0.2) is 5.78 Å². The topological polar surface area (TPSA) is 26.3 Å². The van der Waals surface area contributed by atoms with Crippen LogP contribution in [-0.2, 0) is 9.53 Å². The molecule has 0 aliphatic heterocycles. The highest BCUT2D eigenvalue weighted by Crippen LogP contribution is 2.44. The zero-order valence-electron chi connectivity index (χ0n) is 13.5. The molecule has 0 aromatic heterocycles. The highest BCUT2D eigenvalue weighted by atomic mass is 16.5. The summed E-state index contributed by atoms with van der Waals surface area (Å²) in [4.78, 5) is 12.8. The van der Waals surface area contributed by atoms with Crippen molar-refractivity contribution >= 4 is 5.78 Å². The molecular weight excluding hydrogens is 236 g/mol. The Kier molecular flexibility index (Phi) is 6.52. The van der Waals surface area contributed by atoms with Gasteiger partial charge in [-0.1, -0.05) is 53.4 Å². The molecule has 2 heteroatoms. The maximum Gasteiger partial charge on any atom is 0.165 e. The minimum absolute atomic E-state index is 0.357. The molecule has 0 amide bonds. The third-order valence-electron chi connectivity index (χ3n) is 5.29. The number of unbranched alkanes of at least 4 members (excludes halogenated alkanes) is 1. The van der Waals surface area contributed by atoms with Gasteiger partial charge in [0.1, 0.15) is 5.60 Å². The Morgan fingerprint density at radius 3 is 2.26 bits per heavy atom. The average molecular weight is 268 g/mol. The fourth-order valence-corrected chi connectivity index (χ4v) is 3.85. The molecule has 0 radical (unpaired) electrons. The lowest BCUT2D eigenvalue weighted by atomic mass is 9.77. The Morgan fingerprint density at radius 2 is 1.84 bits per heavy atom. The molecule has 3 unspecified atom stereocenters. The summed E-state index contributed by atoms with van der Waals surface area (Å²) in [6.07, 6.45) is 7.68. The quantitative estimate of drug-likeness (QED) is 0.642. The van der Waals surface area contributed by atoms with Gasteiger partial charge in [-0.05, 0) is 30.6 Å². The maximum atomic E-state index is 12.8. The van der Waals surface area contributed by atoms with Gasteiger partial charge in [-0.25, -0.2) is 0 Å². The van der Waals surface area contributed by atoms with Crippen LogP contribution < -0.4 is 0 Å². The van der Waals surface area contributed by atoms with Crippen molar-refractivity contribution in [3.05, 3.63) is 0 Å². The van der Waals surface area contributed by atoms with Crippen molar-refractivity contribution in [3.8, 4) is 0 Å². The van der Waals surface area contributed by atoms with Gasteiger partial charge in [-0.3, -0.25) is 4.79 Å². The highest BCUT2D eigenvalue weighted by Gasteiger charge is 2.51. The van der Waals surface area contributed by atoms with Crippen LogP contribution in [0.2, 0.25) is 0 Å². The highest BCUT2D eigenvalue weighted by molar-refractivity contribution is 5.88. The molecule has 0 saturated heterocycles. The molecule has 0 heterocycles.